The SMILES string of the molecule is CCCc1nc(C2CSC(C)C(C)S2)[nH]c(=O)c1I. The molecule has 2 rings (SSSR count). The van der Waals surface area contributed by atoms with Crippen LogP contribution in [0.15, 0.2) is 4.79 Å². The van der Waals surface area contributed by atoms with E-state index in [1.54, 1.807) is 0 Å². The van der Waals surface area contributed by atoms with Gasteiger partial charge in [-0.15, -0.1) is 11.8 Å². The monoisotopic (exact) mass is 410 g/mol. The van der Waals surface area contributed by atoms with Gasteiger partial charge in [-0.3, -0.25) is 4.79 Å². The number of aryl methyl sites for hydroxylation is 1. The van der Waals surface area contributed by atoms with E-state index in [4.69, 9.17) is 4.98 Å². The second kappa shape index (κ2) is 6.85. The highest BCUT2D eigenvalue weighted by atomic mass is 127. The molecule has 1 aromatic rings. The molecule has 0 spiro atoms. The Morgan fingerprint density at radius 3 is 2.79 bits per heavy atom. The Hall–Kier alpha value is 0.310. The molecule has 0 amide bonds. The molecule has 1 fully saturated rings. The van der Waals surface area contributed by atoms with Crippen molar-refractivity contribution in [3.63, 3.8) is 0 Å². The van der Waals surface area contributed by atoms with E-state index in [2.05, 4.69) is 48.3 Å². The number of halogens is 1. The van der Waals surface area contributed by atoms with Crippen LogP contribution in [0.25, 0.3) is 0 Å². The fourth-order valence-corrected chi connectivity index (χ4v) is 5.40. The van der Waals surface area contributed by atoms with E-state index in [0.717, 1.165) is 33.7 Å². The van der Waals surface area contributed by atoms with Crippen molar-refractivity contribution in [2.75, 3.05) is 5.75 Å². The van der Waals surface area contributed by atoms with Crippen LogP contribution in [-0.4, -0.2) is 26.2 Å². The van der Waals surface area contributed by atoms with E-state index in [1.807, 2.05) is 23.5 Å². The van der Waals surface area contributed by atoms with Crippen LogP contribution < -0.4 is 5.56 Å². The maximum absolute atomic E-state index is 12.0. The van der Waals surface area contributed by atoms with Crippen LogP contribution in [0.4, 0.5) is 0 Å². The molecule has 2 heterocycles. The molecule has 0 saturated carbocycles. The lowest BCUT2D eigenvalue weighted by atomic mass is 10.2. The third-order valence-electron chi connectivity index (χ3n) is 3.29. The number of H-pyrrole nitrogens is 1. The van der Waals surface area contributed by atoms with E-state index in [1.165, 1.54) is 0 Å². The molecule has 1 aliphatic rings. The first-order valence-corrected chi connectivity index (χ1v) is 9.65. The molecular formula is C13H19IN2OS2. The highest BCUT2D eigenvalue weighted by Gasteiger charge is 2.28. The highest BCUT2D eigenvalue weighted by molar-refractivity contribution is 14.1. The summed E-state index contributed by atoms with van der Waals surface area (Å²) in [7, 11) is 0. The molecule has 19 heavy (non-hydrogen) atoms. The van der Waals surface area contributed by atoms with Gasteiger partial charge < -0.3 is 4.98 Å². The molecule has 3 unspecified atom stereocenters. The number of nitrogens with zero attached hydrogens (tertiary/aromatic N) is 1. The fraction of sp³-hybridized carbons (Fsp3) is 0.692. The lowest BCUT2D eigenvalue weighted by molar-refractivity contribution is 0.798. The Morgan fingerprint density at radius 1 is 1.42 bits per heavy atom. The van der Waals surface area contributed by atoms with Gasteiger partial charge in [-0.1, -0.05) is 27.2 Å². The summed E-state index contributed by atoms with van der Waals surface area (Å²) in [6, 6.07) is 0. The van der Waals surface area contributed by atoms with Gasteiger partial charge in [-0.25, -0.2) is 4.98 Å². The van der Waals surface area contributed by atoms with Crippen LogP contribution in [0.1, 0.15) is 44.0 Å². The first kappa shape index (κ1) is 15.7. The normalized spacial score (nSPS) is 27.5. The van der Waals surface area contributed by atoms with E-state index >= 15 is 0 Å². The largest absolute Gasteiger partial charge is 0.309 e. The van der Waals surface area contributed by atoms with Crippen molar-refractivity contribution in [3.8, 4) is 0 Å². The zero-order valence-corrected chi connectivity index (χ0v) is 15.2. The van der Waals surface area contributed by atoms with Gasteiger partial charge >= 0.3 is 0 Å². The van der Waals surface area contributed by atoms with Crippen LogP contribution >= 0.6 is 46.1 Å². The van der Waals surface area contributed by atoms with Gasteiger partial charge in [0, 0.05) is 16.3 Å². The lowest BCUT2D eigenvalue weighted by Crippen LogP contribution is -2.26. The van der Waals surface area contributed by atoms with Crippen LogP contribution in [-0.2, 0) is 6.42 Å². The Balaban J connectivity index is 2.27. The highest BCUT2D eigenvalue weighted by Crippen LogP contribution is 2.43. The second-order valence-corrected chi connectivity index (χ2v) is 8.90. The maximum atomic E-state index is 12.0. The van der Waals surface area contributed by atoms with Gasteiger partial charge in [0.05, 0.1) is 14.5 Å². The molecule has 0 radical (unpaired) electrons. The molecule has 1 saturated heterocycles. The predicted molar refractivity (Wildman–Crippen MR) is 93.3 cm³/mol. The minimum Gasteiger partial charge on any atom is -0.309 e. The van der Waals surface area contributed by atoms with E-state index in [9.17, 15) is 4.79 Å². The smallest absolute Gasteiger partial charge is 0.264 e. The van der Waals surface area contributed by atoms with Crippen molar-refractivity contribution >= 4 is 46.1 Å². The Labute approximate surface area is 136 Å². The summed E-state index contributed by atoms with van der Waals surface area (Å²) in [5.41, 5.74) is 0.977. The fourth-order valence-electron chi connectivity index (χ4n) is 2.01. The van der Waals surface area contributed by atoms with Gasteiger partial charge in [0.15, 0.2) is 0 Å². The topological polar surface area (TPSA) is 45.8 Å². The molecule has 1 N–H and O–H groups in total. The summed E-state index contributed by atoms with van der Waals surface area (Å²) in [6.07, 6.45) is 1.90. The zero-order chi connectivity index (χ0) is 14.0. The average molecular weight is 410 g/mol. The van der Waals surface area contributed by atoms with Gasteiger partial charge in [0.2, 0.25) is 0 Å². The van der Waals surface area contributed by atoms with Crippen molar-refractivity contribution in [1.29, 1.82) is 0 Å². The molecule has 1 aliphatic heterocycles. The van der Waals surface area contributed by atoms with E-state index in [-0.39, 0.29) is 5.56 Å². The summed E-state index contributed by atoms with van der Waals surface area (Å²) in [5, 5.41) is 1.59. The summed E-state index contributed by atoms with van der Waals surface area (Å²) < 4.78 is 0.748. The number of aromatic amines is 1. The Bertz CT molecular complexity index is 506. The van der Waals surface area contributed by atoms with Crippen LogP contribution in [0, 0.1) is 3.57 Å². The molecular weight excluding hydrogens is 391 g/mol. The minimum atomic E-state index is 0.0194. The number of rotatable bonds is 3. The summed E-state index contributed by atoms with van der Waals surface area (Å²) in [6.45, 7) is 6.64. The molecule has 106 valence electrons. The van der Waals surface area contributed by atoms with Gasteiger partial charge in [0.1, 0.15) is 5.82 Å². The van der Waals surface area contributed by atoms with Gasteiger partial charge in [-0.2, -0.15) is 11.8 Å². The first-order valence-electron chi connectivity index (χ1n) is 6.58. The zero-order valence-electron chi connectivity index (χ0n) is 11.4. The standard InChI is InChI=1S/C13H19IN2OS2/c1-4-5-9-11(14)13(17)16-12(15-9)10-6-18-7(2)8(3)19-10/h7-8,10H,4-6H2,1-3H3,(H,15,16,17). The predicted octanol–water partition coefficient (Wildman–Crippen LogP) is 3.63. The number of aromatic nitrogens is 2. The summed E-state index contributed by atoms with van der Waals surface area (Å²) in [4.78, 5) is 19.7. The molecule has 3 atom stereocenters. The van der Waals surface area contributed by atoms with E-state index < -0.39 is 0 Å². The molecule has 0 aliphatic carbocycles. The lowest BCUT2D eigenvalue weighted by Gasteiger charge is -2.30. The molecule has 0 aromatic carbocycles. The number of hydrogen-bond donors (Lipinski definition) is 1. The third kappa shape index (κ3) is 3.69. The number of hydrogen-bond acceptors (Lipinski definition) is 4. The first-order chi connectivity index (χ1) is 9.02. The maximum Gasteiger partial charge on any atom is 0.264 e. The Morgan fingerprint density at radius 2 is 2.16 bits per heavy atom. The summed E-state index contributed by atoms with van der Waals surface area (Å²) in [5.74, 6) is 1.90. The number of thioether (sulfide) groups is 2. The Kier molecular flexibility index (Phi) is 5.65. The van der Waals surface area contributed by atoms with Crippen LogP contribution in [0.3, 0.4) is 0 Å². The average Bonchev–Trinajstić information content (AvgIpc) is 2.38. The van der Waals surface area contributed by atoms with Crippen molar-refractivity contribution in [2.45, 2.75) is 49.4 Å². The number of nitrogens with one attached hydrogen (secondary N) is 1. The van der Waals surface area contributed by atoms with E-state index in [0.29, 0.717) is 15.7 Å². The third-order valence-corrected chi connectivity index (χ3v) is 7.80. The quantitative estimate of drug-likeness (QED) is 0.774. The molecule has 0 bridgehead atoms. The van der Waals surface area contributed by atoms with Crippen molar-refractivity contribution in [2.24, 2.45) is 0 Å². The van der Waals surface area contributed by atoms with Crippen LogP contribution in [0.2, 0.25) is 0 Å². The van der Waals surface area contributed by atoms with Crippen molar-refractivity contribution in [3.05, 3.63) is 25.4 Å². The van der Waals surface area contributed by atoms with Crippen molar-refractivity contribution in [1.82, 2.24) is 9.97 Å². The van der Waals surface area contributed by atoms with Crippen LogP contribution in [0.5, 0.6) is 0 Å². The molecule has 1 aromatic heterocycles. The molecule has 6 heteroatoms. The van der Waals surface area contributed by atoms with Gasteiger partial charge in [0.25, 0.3) is 5.56 Å². The summed E-state index contributed by atoms with van der Waals surface area (Å²) >= 11 is 6.01. The second-order valence-electron chi connectivity index (χ2n) is 4.83. The molecule has 3 nitrogen and oxygen atoms in total. The van der Waals surface area contributed by atoms with Gasteiger partial charge in [-0.05, 0) is 29.0 Å². The minimum absolute atomic E-state index is 0.0194. The van der Waals surface area contributed by atoms with Crippen molar-refractivity contribution < 1.29 is 0 Å².